The molecule has 0 aromatic heterocycles. The van der Waals surface area contributed by atoms with Gasteiger partial charge in [-0.2, -0.15) is 0 Å². The molecule has 61 heavy (non-hydrogen) atoms. The van der Waals surface area contributed by atoms with Crippen LogP contribution in [0.3, 0.4) is 0 Å². The molecule has 9 rings (SSSR count). The first-order chi connectivity index (χ1) is 29.0. The molecule has 0 bridgehead atoms. The van der Waals surface area contributed by atoms with E-state index in [9.17, 15) is 25.2 Å². The smallest absolute Gasteiger partial charge is 0.229 e. The van der Waals surface area contributed by atoms with Gasteiger partial charge in [-0.25, -0.2) is 0 Å². The van der Waals surface area contributed by atoms with Gasteiger partial charge in [0.15, 0.2) is 11.5 Å². The highest BCUT2D eigenvalue weighted by atomic mass is 28.3. The zero-order chi connectivity index (χ0) is 43.5. The lowest BCUT2D eigenvalue weighted by molar-refractivity contribution is -0.277. The fourth-order valence-electron chi connectivity index (χ4n) is 9.64. The van der Waals surface area contributed by atoms with E-state index in [0.29, 0.717) is 5.75 Å². The number of carbonyl (C=O) groups is 1. The summed E-state index contributed by atoms with van der Waals surface area (Å²) in [6, 6.07) is 20.6. The van der Waals surface area contributed by atoms with Crippen LogP contribution in [-0.4, -0.2) is 85.4 Å². The van der Waals surface area contributed by atoms with E-state index in [4.69, 9.17) is 20.6 Å². The van der Waals surface area contributed by atoms with Gasteiger partial charge < -0.3 is 35.6 Å². The van der Waals surface area contributed by atoms with Crippen LogP contribution < -0.4 is 26.3 Å². The molecule has 8 N–H and O–H groups in total. The summed E-state index contributed by atoms with van der Waals surface area (Å²) in [5.41, 5.74) is 20.0. The molecule has 1 fully saturated rings. The van der Waals surface area contributed by atoms with Crippen molar-refractivity contribution in [3.8, 4) is 5.75 Å². The number of hydrogen-bond donors (Lipinski definition) is 6. The van der Waals surface area contributed by atoms with Crippen LogP contribution >= 0.6 is 0 Å². The maximum Gasteiger partial charge on any atom is 0.229 e. The molecule has 1 saturated heterocycles. The topological polar surface area (TPSA) is 168 Å². The molecule has 3 aliphatic heterocycles. The number of ether oxygens (including phenoxy) is 2. The third kappa shape index (κ3) is 7.48. The lowest BCUT2D eigenvalue weighted by Gasteiger charge is -2.40. The van der Waals surface area contributed by atoms with Gasteiger partial charge in [0.1, 0.15) is 46.3 Å². The maximum atomic E-state index is 12.1. The van der Waals surface area contributed by atoms with Gasteiger partial charge in [0, 0.05) is 17.8 Å². The Morgan fingerprint density at radius 1 is 0.770 bits per heavy atom. The van der Waals surface area contributed by atoms with Gasteiger partial charge in [-0.15, -0.1) is 0 Å². The van der Waals surface area contributed by atoms with Crippen molar-refractivity contribution in [1.82, 2.24) is 0 Å². The van der Waals surface area contributed by atoms with Gasteiger partial charge in [0.2, 0.25) is 6.29 Å². The summed E-state index contributed by atoms with van der Waals surface area (Å²) >= 11 is 0. The third-order valence-electron chi connectivity index (χ3n) is 13.1. The molecule has 5 atom stereocenters. The van der Waals surface area contributed by atoms with Crippen molar-refractivity contribution in [2.45, 2.75) is 83.6 Å². The lowest BCUT2D eigenvalue weighted by atomic mass is 9.83. The first-order valence-corrected chi connectivity index (χ1v) is 26.9. The van der Waals surface area contributed by atoms with Crippen molar-refractivity contribution >= 4 is 54.8 Å². The molecule has 0 unspecified atom stereocenters. The number of rotatable bonds is 5. The van der Waals surface area contributed by atoms with Crippen molar-refractivity contribution in [2.24, 2.45) is 0 Å². The van der Waals surface area contributed by atoms with E-state index in [0.717, 1.165) is 24.2 Å². The molecular formula is C50H55N2O7Si2+. The number of aryl methyl sites for hydroxylation is 1. The largest absolute Gasteiger partial charge is 0.462 e. The highest BCUT2D eigenvalue weighted by Crippen LogP contribution is 2.45. The van der Waals surface area contributed by atoms with Crippen molar-refractivity contribution in [3.63, 3.8) is 0 Å². The van der Waals surface area contributed by atoms with E-state index >= 15 is 0 Å². The molecule has 314 valence electrons. The summed E-state index contributed by atoms with van der Waals surface area (Å²) in [4.78, 5) is 12.1. The number of aliphatic hydroxyl groups excluding tert-OH is 4. The fraction of sp³-hybridized carbons (Fsp3) is 0.280. The Balaban J connectivity index is 0.000000180. The number of aliphatic hydroxyl groups is 4. The first kappa shape index (κ1) is 42.4. The van der Waals surface area contributed by atoms with E-state index in [1.807, 2.05) is 36.4 Å². The quantitative estimate of drug-likeness (QED) is 0.163. The monoisotopic (exact) mass is 851 g/mol. The van der Waals surface area contributed by atoms with Crippen LogP contribution in [-0.2, 0) is 9.53 Å². The van der Waals surface area contributed by atoms with Gasteiger partial charge in [0.05, 0.1) is 6.61 Å². The Hall–Kier alpha value is -5.25. The maximum absolute atomic E-state index is 12.1. The normalized spacial score (nSPS) is 25.8. The second-order valence-corrected chi connectivity index (χ2v) is 26.4. The molecule has 3 heterocycles. The molecule has 0 spiro atoms. The average molecular weight is 852 g/mol. The predicted octanol–water partition coefficient (Wildman–Crippen LogP) is 4.36. The minimum Gasteiger partial charge on any atom is -0.462 e. The predicted molar refractivity (Wildman–Crippen MR) is 248 cm³/mol. The van der Waals surface area contributed by atoms with Crippen LogP contribution in [0, 0.1) is 6.92 Å². The number of ketones is 1. The van der Waals surface area contributed by atoms with Crippen LogP contribution in [0.2, 0.25) is 26.2 Å². The van der Waals surface area contributed by atoms with Gasteiger partial charge in [-0.1, -0.05) is 80.8 Å². The Morgan fingerprint density at radius 3 is 2.15 bits per heavy atom. The average Bonchev–Trinajstić information content (AvgIpc) is 3.23. The van der Waals surface area contributed by atoms with Crippen LogP contribution in [0.5, 0.6) is 5.75 Å². The number of nitrogen functional groups attached to an aromatic ring is 1. The van der Waals surface area contributed by atoms with Crippen LogP contribution in [0.4, 0.5) is 5.69 Å². The van der Waals surface area contributed by atoms with E-state index in [2.05, 4.69) is 107 Å². The second kappa shape index (κ2) is 16.2. The number of carbonyl (C=O) groups excluding carboxylic acids is 1. The number of nitrogens with two attached hydrogens (primary N) is 2. The molecule has 0 saturated carbocycles. The fourth-order valence-corrected chi connectivity index (χ4v) is 15.8. The zero-order valence-corrected chi connectivity index (χ0v) is 37.6. The molecule has 11 heteroatoms. The number of hydrogen-bond acceptors (Lipinski definition) is 8. The molecular weight excluding hydrogens is 797 g/mol. The van der Waals surface area contributed by atoms with E-state index < -0.39 is 53.5 Å². The molecule has 6 aliphatic rings. The summed E-state index contributed by atoms with van der Waals surface area (Å²) in [6.07, 6.45) is 11.5. The number of fused-ring (bicyclic) bond motifs is 4. The highest BCUT2D eigenvalue weighted by Gasteiger charge is 2.46. The molecule has 3 aromatic carbocycles. The Kier molecular flexibility index (Phi) is 11.3. The summed E-state index contributed by atoms with van der Waals surface area (Å²) in [6.45, 7) is 13.0. The minimum atomic E-state index is -2.20. The van der Waals surface area contributed by atoms with Crippen LogP contribution in [0.15, 0.2) is 142 Å². The Morgan fingerprint density at radius 2 is 1.43 bits per heavy atom. The Labute approximate surface area is 359 Å². The molecule has 3 aromatic rings. The van der Waals surface area contributed by atoms with Crippen LogP contribution in [0.25, 0.3) is 11.1 Å². The van der Waals surface area contributed by atoms with Crippen molar-refractivity contribution in [1.29, 1.82) is 0 Å². The van der Waals surface area contributed by atoms with Gasteiger partial charge in [-0.3, -0.25) is 10.2 Å². The summed E-state index contributed by atoms with van der Waals surface area (Å²) in [5.74, 6) is 0.565. The first-order valence-electron chi connectivity index (χ1n) is 20.9. The van der Waals surface area contributed by atoms with E-state index in [-0.39, 0.29) is 5.78 Å². The Bertz CT molecular complexity index is 2620. The van der Waals surface area contributed by atoms with Crippen LogP contribution in [0.1, 0.15) is 42.0 Å². The minimum absolute atomic E-state index is 0.0795. The van der Waals surface area contributed by atoms with Gasteiger partial charge in [0.25, 0.3) is 0 Å². The molecule has 9 nitrogen and oxygen atoms in total. The highest BCUT2D eigenvalue weighted by molar-refractivity contribution is 6.98. The summed E-state index contributed by atoms with van der Waals surface area (Å²) in [5, 5.41) is 51.5. The van der Waals surface area contributed by atoms with Crippen molar-refractivity contribution < 1.29 is 40.1 Å². The molecule has 0 amide bonds. The van der Waals surface area contributed by atoms with Gasteiger partial charge in [-0.05, 0) is 146 Å². The van der Waals surface area contributed by atoms with E-state index in [1.54, 1.807) is 6.08 Å². The van der Waals surface area contributed by atoms with Crippen molar-refractivity contribution in [2.75, 3.05) is 12.3 Å². The molecule has 3 aliphatic carbocycles. The second-order valence-electron chi connectivity index (χ2n) is 17.8. The van der Waals surface area contributed by atoms with Crippen molar-refractivity contribution in [3.05, 3.63) is 164 Å². The number of allylic oxidation sites excluding steroid dienone is 15. The van der Waals surface area contributed by atoms with E-state index in [1.165, 1.54) is 76.5 Å². The summed E-state index contributed by atoms with van der Waals surface area (Å²) < 4.78 is 11.6. The third-order valence-corrected chi connectivity index (χ3v) is 20.1. The zero-order valence-electron chi connectivity index (χ0n) is 35.6. The SMILES string of the molecule is CC1=C(C2=C3C=CC(=[NH2+])C=C3[Si](C)(C)c3cc(O[C@@H]4O[C@H](CO)[C@H](O)[C@H](O)[C@H]4O)ccc32)CCC=C1.Cc1ccccc1C1=C2C=CC(=O)C=C2[Si](C)(C)c2cc(N)ccc21. The number of anilines is 1. The standard InChI is InChI=1S/C28H33NO6Si.C22H21NOSi/c1-15-6-4-5-7-18(15)24-19-10-8-16(29)12-22(19)36(2,3)23-13-17(9-11-20(23)24)34-28-27(33)26(32)25(31)21(14-30)35-28;1-14-6-4-5-7-17(14)22-18-10-8-15(23)12-20(18)25(2,3)21-13-16(24)9-11-19(21)22/h4,6,8-13,21,25-33H,5,7,14H2,1-3H3;4-13H,23H2,1-3H3/p+1/t21-,25+,26+,27-,28-;/m1./s1. The lowest BCUT2D eigenvalue weighted by Crippen LogP contribution is -2.60. The molecule has 0 radical (unpaired) electrons. The van der Waals surface area contributed by atoms with Gasteiger partial charge >= 0.3 is 0 Å². The number of benzene rings is 3. The summed E-state index contributed by atoms with van der Waals surface area (Å²) in [7, 11) is -4.19.